The molecule has 0 aliphatic heterocycles. The Labute approximate surface area is 138 Å². The summed E-state index contributed by atoms with van der Waals surface area (Å²) in [6, 6.07) is 17.8. The molecular formula is C18H18BrNO2. The molecule has 114 valence electrons. The predicted molar refractivity (Wildman–Crippen MR) is 89.6 cm³/mol. The summed E-state index contributed by atoms with van der Waals surface area (Å²) in [7, 11) is 0. The van der Waals surface area contributed by atoms with E-state index >= 15 is 0 Å². The maximum atomic E-state index is 12.0. The zero-order valence-corrected chi connectivity index (χ0v) is 13.8. The van der Waals surface area contributed by atoms with Gasteiger partial charge in [0.1, 0.15) is 6.61 Å². The number of nitrogens with one attached hydrogen (secondary N) is 1. The van der Waals surface area contributed by atoms with E-state index in [1.165, 1.54) is 5.56 Å². The monoisotopic (exact) mass is 359 g/mol. The number of carbonyl (C=O) groups is 1. The van der Waals surface area contributed by atoms with Gasteiger partial charge in [0.15, 0.2) is 0 Å². The van der Waals surface area contributed by atoms with Gasteiger partial charge < -0.3 is 10.1 Å². The van der Waals surface area contributed by atoms with Gasteiger partial charge in [-0.05, 0) is 36.5 Å². The van der Waals surface area contributed by atoms with Gasteiger partial charge in [-0.25, -0.2) is 4.79 Å². The summed E-state index contributed by atoms with van der Waals surface area (Å²) in [6.07, 6.45) is 2.48. The molecule has 0 bridgehead atoms. The van der Waals surface area contributed by atoms with Gasteiger partial charge in [0.2, 0.25) is 0 Å². The van der Waals surface area contributed by atoms with Crippen LogP contribution in [-0.4, -0.2) is 11.6 Å². The van der Waals surface area contributed by atoms with Crippen molar-refractivity contribution in [1.29, 1.82) is 0 Å². The number of hydrogen-bond acceptors (Lipinski definition) is 2. The highest BCUT2D eigenvalue weighted by atomic mass is 79.9. The second-order valence-electron chi connectivity index (χ2n) is 5.74. The quantitative estimate of drug-likeness (QED) is 0.856. The van der Waals surface area contributed by atoms with Crippen molar-refractivity contribution in [2.45, 2.75) is 31.4 Å². The zero-order valence-electron chi connectivity index (χ0n) is 12.2. The van der Waals surface area contributed by atoms with Crippen LogP contribution in [0.4, 0.5) is 4.79 Å². The van der Waals surface area contributed by atoms with Gasteiger partial charge in [-0.3, -0.25) is 0 Å². The minimum Gasteiger partial charge on any atom is -0.445 e. The normalized spacial score (nSPS) is 15.1. The molecule has 3 nitrogen and oxygen atoms in total. The van der Waals surface area contributed by atoms with Crippen LogP contribution < -0.4 is 5.32 Å². The lowest BCUT2D eigenvalue weighted by Crippen LogP contribution is -2.38. The van der Waals surface area contributed by atoms with E-state index in [1.807, 2.05) is 48.5 Å². The lowest BCUT2D eigenvalue weighted by atomic mass is 10.0. The molecule has 22 heavy (non-hydrogen) atoms. The second kappa shape index (κ2) is 6.53. The Morgan fingerprint density at radius 1 is 1.09 bits per heavy atom. The molecule has 1 aliphatic carbocycles. The van der Waals surface area contributed by atoms with Crippen LogP contribution in [0.5, 0.6) is 0 Å². The molecular weight excluding hydrogens is 342 g/mol. The first kappa shape index (κ1) is 15.1. The minimum absolute atomic E-state index is 0.141. The zero-order chi connectivity index (χ0) is 15.4. The van der Waals surface area contributed by atoms with Gasteiger partial charge in [0, 0.05) is 10.0 Å². The first-order valence-corrected chi connectivity index (χ1v) is 8.18. The molecule has 0 spiro atoms. The van der Waals surface area contributed by atoms with E-state index in [0.717, 1.165) is 29.3 Å². The van der Waals surface area contributed by atoms with Crippen molar-refractivity contribution in [3.63, 3.8) is 0 Å². The van der Waals surface area contributed by atoms with Crippen LogP contribution in [0.2, 0.25) is 0 Å². The summed E-state index contributed by atoms with van der Waals surface area (Å²) in [5.74, 6) is 0. The van der Waals surface area contributed by atoms with Crippen molar-refractivity contribution in [2.75, 3.05) is 0 Å². The summed E-state index contributed by atoms with van der Waals surface area (Å²) < 4.78 is 6.39. The maximum absolute atomic E-state index is 12.0. The largest absolute Gasteiger partial charge is 0.445 e. The number of alkyl carbamates (subject to hydrolysis) is 1. The molecule has 0 radical (unpaired) electrons. The lowest BCUT2D eigenvalue weighted by Gasteiger charge is -2.18. The van der Waals surface area contributed by atoms with E-state index in [-0.39, 0.29) is 11.6 Å². The molecule has 1 aliphatic rings. The van der Waals surface area contributed by atoms with E-state index < -0.39 is 0 Å². The third-order valence-electron chi connectivity index (χ3n) is 3.92. The molecule has 2 aromatic rings. The smallest absolute Gasteiger partial charge is 0.407 e. The fraction of sp³-hybridized carbons (Fsp3) is 0.278. The predicted octanol–water partition coefficient (Wildman–Crippen LogP) is 4.45. The number of hydrogen-bond donors (Lipinski definition) is 1. The van der Waals surface area contributed by atoms with Gasteiger partial charge in [-0.15, -0.1) is 0 Å². The van der Waals surface area contributed by atoms with Crippen LogP contribution >= 0.6 is 15.9 Å². The Bertz CT molecular complexity index is 653. The summed E-state index contributed by atoms with van der Waals surface area (Å²) in [5.41, 5.74) is 2.06. The topological polar surface area (TPSA) is 38.3 Å². The molecule has 0 unspecified atom stereocenters. The van der Waals surface area contributed by atoms with Crippen LogP contribution in [0.3, 0.4) is 0 Å². The average Bonchev–Trinajstić information content (AvgIpc) is 3.28. The van der Waals surface area contributed by atoms with Gasteiger partial charge in [-0.2, -0.15) is 0 Å². The minimum atomic E-state index is -0.339. The Hall–Kier alpha value is -1.81. The van der Waals surface area contributed by atoms with E-state index in [1.54, 1.807) is 0 Å². The second-order valence-corrected chi connectivity index (χ2v) is 6.59. The van der Waals surface area contributed by atoms with Crippen LogP contribution in [0.25, 0.3) is 0 Å². The molecule has 1 fully saturated rings. The number of halogens is 1. The van der Waals surface area contributed by atoms with Crippen molar-refractivity contribution >= 4 is 22.0 Å². The molecule has 0 atom stereocenters. The van der Waals surface area contributed by atoms with Crippen molar-refractivity contribution in [3.05, 3.63) is 70.2 Å². The van der Waals surface area contributed by atoms with E-state index in [0.29, 0.717) is 6.61 Å². The molecule has 0 heterocycles. The standard InChI is InChI=1S/C18H18BrNO2/c19-16-9-5-4-8-15(16)12-18(10-11-18)20-17(21)22-13-14-6-2-1-3-7-14/h1-9H,10-13H2,(H,20,21). The third kappa shape index (κ3) is 3.89. The van der Waals surface area contributed by atoms with Crippen LogP contribution in [-0.2, 0) is 17.8 Å². The number of benzene rings is 2. The van der Waals surface area contributed by atoms with Crippen molar-refractivity contribution in [3.8, 4) is 0 Å². The molecule has 1 amide bonds. The SMILES string of the molecule is O=C(NC1(Cc2ccccc2Br)CC1)OCc1ccccc1. The number of carbonyl (C=O) groups excluding carboxylic acids is 1. The van der Waals surface area contributed by atoms with E-state index in [4.69, 9.17) is 4.74 Å². The summed E-state index contributed by atoms with van der Waals surface area (Å²) in [6.45, 7) is 0.303. The van der Waals surface area contributed by atoms with E-state index in [2.05, 4.69) is 27.3 Å². The highest BCUT2D eigenvalue weighted by Crippen LogP contribution is 2.40. The number of ether oxygens (including phenoxy) is 1. The molecule has 2 aromatic carbocycles. The molecule has 0 aromatic heterocycles. The summed E-state index contributed by atoms with van der Waals surface area (Å²) in [4.78, 5) is 12.0. The highest BCUT2D eigenvalue weighted by molar-refractivity contribution is 9.10. The lowest BCUT2D eigenvalue weighted by molar-refractivity contribution is 0.134. The highest BCUT2D eigenvalue weighted by Gasteiger charge is 2.44. The van der Waals surface area contributed by atoms with Crippen molar-refractivity contribution in [1.82, 2.24) is 5.32 Å². The molecule has 1 N–H and O–H groups in total. The first-order valence-electron chi connectivity index (χ1n) is 7.39. The van der Waals surface area contributed by atoms with Crippen molar-refractivity contribution in [2.24, 2.45) is 0 Å². The fourth-order valence-electron chi connectivity index (χ4n) is 2.48. The Balaban J connectivity index is 1.54. The maximum Gasteiger partial charge on any atom is 0.407 e. The van der Waals surface area contributed by atoms with Gasteiger partial charge in [0.05, 0.1) is 0 Å². The Morgan fingerprint density at radius 2 is 1.77 bits per heavy atom. The average molecular weight is 360 g/mol. The van der Waals surface area contributed by atoms with Gasteiger partial charge in [0.25, 0.3) is 0 Å². The van der Waals surface area contributed by atoms with Crippen LogP contribution in [0, 0.1) is 0 Å². The number of amides is 1. The Morgan fingerprint density at radius 3 is 2.45 bits per heavy atom. The van der Waals surface area contributed by atoms with Crippen LogP contribution in [0.15, 0.2) is 59.1 Å². The summed E-state index contributed by atoms with van der Waals surface area (Å²) >= 11 is 3.56. The molecule has 4 heteroatoms. The molecule has 0 saturated heterocycles. The fourth-order valence-corrected chi connectivity index (χ4v) is 2.90. The first-order chi connectivity index (χ1) is 10.7. The Kier molecular flexibility index (Phi) is 4.48. The third-order valence-corrected chi connectivity index (χ3v) is 4.69. The number of rotatable bonds is 5. The van der Waals surface area contributed by atoms with E-state index in [9.17, 15) is 4.79 Å². The molecule has 1 saturated carbocycles. The van der Waals surface area contributed by atoms with Gasteiger partial charge in [-0.1, -0.05) is 64.5 Å². The van der Waals surface area contributed by atoms with Gasteiger partial charge >= 0.3 is 6.09 Å². The summed E-state index contributed by atoms with van der Waals surface area (Å²) in [5, 5.41) is 3.03. The van der Waals surface area contributed by atoms with Crippen LogP contribution in [0.1, 0.15) is 24.0 Å². The molecule has 3 rings (SSSR count). The van der Waals surface area contributed by atoms with Crippen molar-refractivity contribution < 1.29 is 9.53 Å².